The van der Waals surface area contributed by atoms with E-state index < -0.39 is 0 Å². The molecule has 0 atom stereocenters. The molecule has 5 nitrogen and oxygen atoms in total. The van der Waals surface area contributed by atoms with Gasteiger partial charge in [0.2, 0.25) is 0 Å². The average molecular weight is 388 g/mol. The van der Waals surface area contributed by atoms with Crippen LogP contribution < -0.4 is 15.4 Å². The van der Waals surface area contributed by atoms with Gasteiger partial charge in [0.15, 0.2) is 0 Å². The molecule has 0 saturated carbocycles. The Morgan fingerprint density at radius 3 is 2.31 bits per heavy atom. The first kappa shape index (κ1) is 20.1. The topological polar surface area (TPSA) is 67.4 Å². The summed E-state index contributed by atoms with van der Waals surface area (Å²) in [5, 5.41) is 5.67. The van der Waals surface area contributed by atoms with Crippen LogP contribution in [0.3, 0.4) is 0 Å². The lowest BCUT2D eigenvalue weighted by Gasteiger charge is -2.13. The number of hydrogen-bond donors (Lipinski definition) is 2. The summed E-state index contributed by atoms with van der Waals surface area (Å²) < 4.78 is 5.69. The quantitative estimate of drug-likeness (QED) is 0.583. The van der Waals surface area contributed by atoms with Crippen molar-refractivity contribution in [1.29, 1.82) is 0 Å². The first-order valence-electron chi connectivity index (χ1n) is 9.52. The van der Waals surface area contributed by atoms with Crippen molar-refractivity contribution in [2.24, 2.45) is 5.92 Å². The molecule has 148 valence electrons. The summed E-state index contributed by atoms with van der Waals surface area (Å²) in [6.07, 6.45) is 0. The average Bonchev–Trinajstić information content (AvgIpc) is 2.73. The highest BCUT2D eigenvalue weighted by molar-refractivity contribution is 6.12. The molecule has 0 unspecified atom stereocenters. The molecule has 0 saturated heterocycles. The van der Waals surface area contributed by atoms with Gasteiger partial charge in [-0.05, 0) is 48.4 Å². The maximum absolute atomic E-state index is 12.7. The van der Waals surface area contributed by atoms with Crippen LogP contribution in [-0.2, 0) is 0 Å². The minimum absolute atomic E-state index is 0.291. The Balaban J connectivity index is 1.74. The molecular weight excluding hydrogens is 364 g/mol. The van der Waals surface area contributed by atoms with Gasteiger partial charge in [-0.1, -0.05) is 50.2 Å². The predicted molar refractivity (Wildman–Crippen MR) is 116 cm³/mol. The van der Waals surface area contributed by atoms with E-state index in [1.54, 1.807) is 42.5 Å². The van der Waals surface area contributed by atoms with Crippen molar-refractivity contribution in [3.05, 3.63) is 90.0 Å². The first-order chi connectivity index (χ1) is 14.0. The fourth-order valence-corrected chi connectivity index (χ4v) is 2.69. The van der Waals surface area contributed by atoms with Crippen LogP contribution >= 0.6 is 0 Å². The molecule has 0 aliphatic rings. The van der Waals surface area contributed by atoms with Gasteiger partial charge in [0.1, 0.15) is 5.75 Å². The summed E-state index contributed by atoms with van der Waals surface area (Å²) in [5.74, 6) is 0.435. The number of anilines is 2. The van der Waals surface area contributed by atoms with Crippen LogP contribution in [0.15, 0.2) is 78.9 Å². The van der Waals surface area contributed by atoms with Gasteiger partial charge in [-0.25, -0.2) is 0 Å². The summed E-state index contributed by atoms with van der Waals surface area (Å²) in [4.78, 5) is 25.4. The maximum atomic E-state index is 12.7. The molecule has 0 radical (unpaired) electrons. The van der Waals surface area contributed by atoms with E-state index in [1.165, 1.54) is 0 Å². The van der Waals surface area contributed by atoms with Gasteiger partial charge < -0.3 is 15.4 Å². The molecule has 0 aromatic heterocycles. The first-order valence-corrected chi connectivity index (χ1v) is 9.52. The molecular formula is C24H24N2O3. The van der Waals surface area contributed by atoms with Gasteiger partial charge in [0.05, 0.1) is 17.9 Å². The second kappa shape index (κ2) is 9.55. The number of carbonyl (C=O) groups excluding carboxylic acids is 2. The van der Waals surface area contributed by atoms with Crippen LogP contribution in [0.25, 0.3) is 0 Å². The smallest absolute Gasteiger partial charge is 0.257 e. The molecule has 3 aromatic carbocycles. The van der Waals surface area contributed by atoms with Gasteiger partial charge in [0.25, 0.3) is 11.8 Å². The van der Waals surface area contributed by atoms with E-state index in [2.05, 4.69) is 24.5 Å². The highest BCUT2D eigenvalue weighted by Gasteiger charge is 2.15. The normalized spacial score (nSPS) is 10.4. The van der Waals surface area contributed by atoms with Gasteiger partial charge >= 0.3 is 0 Å². The Bertz CT molecular complexity index is 984. The lowest BCUT2D eigenvalue weighted by molar-refractivity contribution is 0.102. The number of amides is 2. The largest absolute Gasteiger partial charge is 0.493 e. The third-order valence-electron chi connectivity index (χ3n) is 4.13. The van der Waals surface area contributed by atoms with Crippen LogP contribution in [0.1, 0.15) is 34.6 Å². The summed E-state index contributed by atoms with van der Waals surface area (Å²) in [6, 6.07) is 23.1. The fraction of sp³-hybridized carbons (Fsp3) is 0.167. The molecule has 0 aliphatic carbocycles. The Morgan fingerprint density at radius 1 is 0.828 bits per heavy atom. The minimum Gasteiger partial charge on any atom is -0.493 e. The molecule has 29 heavy (non-hydrogen) atoms. The van der Waals surface area contributed by atoms with E-state index in [1.807, 2.05) is 36.4 Å². The Morgan fingerprint density at radius 2 is 1.55 bits per heavy atom. The third-order valence-corrected chi connectivity index (χ3v) is 4.13. The predicted octanol–water partition coefficient (Wildman–Crippen LogP) is 5.23. The summed E-state index contributed by atoms with van der Waals surface area (Å²) in [7, 11) is 0. The van der Waals surface area contributed by atoms with E-state index in [-0.39, 0.29) is 11.8 Å². The van der Waals surface area contributed by atoms with Crippen molar-refractivity contribution < 1.29 is 14.3 Å². The highest BCUT2D eigenvalue weighted by Crippen LogP contribution is 2.20. The van der Waals surface area contributed by atoms with Gasteiger partial charge in [-0.3, -0.25) is 9.59 Å². The second-order valence-electron chi connectivity index (χ2n) is 7.05. The number of carbonyl (C=O) groups is 2. The molecule has 0 fully saturated rings. The van der Waals surface area contributed by atoms with Crippen LogP contribution in [0.4, 0.5) is 11.4 Å². The fourth-order valence-electron chi connectivity index (χ4n) is 2.69. The SMILES string of the molecule is CC(C)COc1cccc(C(=O)Nc2ccccc2C(=O)Nc2ccccc2)c1. The molecule has 0 spiro atoms. The van der Waals surface area contributed by atoms with Crippen molar-refractivity contribution >= 4 is 23.2 Å². The zero-order chi connectivity index (χ0) is 20.6. The van der Waals surface area contributed by atoms with Crippen molar-refractivity contribution in [2.45, 2.75) is 13.8 Å². The van der Waals surface area contributed by atoms with Crippen LogP contribution in [-0.4, -0.2) is 18.4 Å². The Labute approximate surface area is 170 Å². The summed E-state index contributed by atoms with van der Waals surface area (Å²) >= 11 is 0. The van der Waals surface area contributed by atoms with Crippen LogP contribution in [0.5, 0.6) is 5.75 Å². The van der Waals surface area contributed by atoms with Crippen molar-refractivity contribution in [3.8, 4) is 5.75 Å². The van der Waals surface area contributed by atoms with Gasteiger partial charge in [-0.2, -0.15) is 0 Å². The molecule has 2 N–H and O–H groups in total. The number of hydrogen-bond acceptors (Lipinski definition) is 3. The Kier molecular flexibility index (Phi) is 6.63. The van der Waals surface area contributed by atoms with Gasteiger partial charge in [0, 0.05) is 11.3 Å². The summed E-state index contributed by atoms with van der Waals surface area (Å²) in [5.41, 5.74) is 1.98. The minimum atomic E-state index is -0.306. The molecule has 0 aliphatic heterocycles. The van der Waals surface area contributed by atoms with E-state index in [9.17, 15) is 9.59 Å². The van der Waals surface area contributed by atoms with E-state index in [0.29, 0.717) is 40.8 Å². The van der Waals surface area contributed by atoms with Crippen LogP contribution in [0.2, 0.25) is 0 Å². The zero-order valence-corrected chi connectivity index (χ0v) is 16.5. The molecule has 5 heteroatoms. The monoisotopic (exact) mass is 388 g/mol. The number of nitrogens with one attached hydrogen (secondary N) is 2. The molecule has 2 amide bonds. The number of benzene rings is 3. The second-order valence-corrected chi connectivity index (χ2v) is 7.05. The number of para-hydroxylation sites is 2. The standard InChI is InChI=1S/C24H24N2O3/c1-17(2)16-29-20-12-8-9-18(15-20)23(27)26-22-14-7-6-13-21(22)24(28)25-19-10-4-3-5-11-19/h3-15,17H,16H2,1-2H3,(H,25,28)(H,26,27). The lowest BCUT2D eigenvalue weighted by Crippen LogP contribution is -2.18. The summed E-state index contributed by atoms with van der Waals surface area (Å²) in [6.45, 7) is 4.70. The number of ether oxygens (including phenoxy) is 1. The molecule has 3 rings (SSSR count). The molecule has 0 bridgehead atoms. The third kappa shape index (κ3) is 5.69. The lowest BCUT2D eigenvalue weighted by atomic mass is 10.1. The van der Waals surface area contributed by atoms with Crippen molar-refractivity contribution in [3.63, 3.8) is 0 Å². The van der Waals surface area contributed by atoms with Gasteiger partial charge in [-0.15, -0.1) is 0 Å². The van der Waals surface area contributed by atoms with Crippen molar-refractivity contribution in [2.75, 3.05) is 17.2 Å². The molecule has 0 heterocycles. The van der Waals surface area contributed by atoms with Crippen molar-refractivity contribution in [1.82, 2.24) is 0 Å². The maximum Gasteiger partial charge on any atom is 0.257 e. The van der Waals surface area contributed by atoms with E-state index in [0.717, 1.165) is 0 Å². The Hall–Kier alpha value is -3.60. The van der Waals surface area contributed by atoms with E-state index >= 15 is 0 Å². The van der Waals surface area contributed by atoms with Crippen LogP contribution in [0, 0.1) is 5.92 Å². The highest BCUT2D eigenvalue weighted by atomic mass is 16.5. The zero-order valence-electron chi connectivity index (χ0n) is 16.5. The number of rotatable bonds is 7. The molecule has 3 aromatic rings. The van der Waals surface area contributed by atoms with E-state index in [4.69, 9.17) is 4.74 Å².